The predicted molar refractivity (Wildman–Crippen MR) is 106 cm³/mol. The number of carbonyl (C=O) groups excluding carboxylic acids is 3. The number of ketones is 1. The Hall–Kier alpha value is -2.31. The smallest absolute Gasteiger partial charge is 0.306 e. The van der Waals surface area contributed by atoms with Crippen LogP contribution in [0, 0.1) is 0 Å². The standard InChI is InChI=1S/C20H20ClNO4S/c21-16-8-6-15(7-9-16)18(23)10-11-20(25)26-14-19(24)22-12-13-27-17-4-2-1-3-5-17/h1-9H,10-14H2,(H,22,24). The molecule has 2 aromatic rings. The van der Waals surface area contributed by atoms with Crippen LogP contribution in [0.3, 0.4) is 0 Å². The number of nitrogens with one attached hydrogen (secondary N) is 1. The van der Waals surface area contributed by atoms with Crippen molar-refractivity contribution < 1.29 is 19.1 Å². The summed E-state index contributed by atoms with van der Waals surface area (Å²) in [4.78, 5) is 36.4. The van der Waals surface area contributed by atoms with Crippen LogP contribution < -0.4 is 5.32 Å². The van der Waals surface area contributed by atoms with Crippen molar-refractivity contribution in [2.45, 2.75) is 17.7 Å². The van der Waals surface area contributed by atoms with Crippen LogP contribution in [0.4, 0.5) is 0 Å². The van der Waals surface area contributed by atoms with Crippen molar-refractivity contribution in [3.05, 3.63) is 65.2 Å². The van der Waals surface area contributed by atoms with E-state index in [-0.39, 0.29) is 31.1 Å². The van der Waals surface area contributed by atoms with Gasteiger partial charge in [0.05, 0.1) is 6.42 Å². The van der Waals surface area contributed by atoms with E-state index in [1.807, 2.05) is 30.3 Å². The summed E-state index contributed by atoms with van der Waals surface area (Å²) in [6.45, 7) is 0.134. The van der Waals surface area contributed by atoms with Crippen LogP contribution in [-0.2, 0) is 14.3 Å². The highest BCUT2D eigenvalue weighted by molar-refractivity contribution is 7.99. The third-order valence-corrected chi connectivity index (χ3v) is 4.79. The normalized spacial score (nSPS) is 10.3. The quantitative estimate of drug-likeness (QED) is 0.282. The Labute approximate surface area is 167 Å². The zero-order valence-corrected chi connectivity index (χ0v) is 16.2. The number of carbonyl (C=O) groups is 3. The first-order valence-electron chi connectivity index (χ1n) is 8.43. The van der Waals surface area contributed by atoms with Crippen LogP contribution >= 0.6 is 23.4 Å². The van der Waals surface area contributed by atoms with Crippen LogP contribution in [0.25, 0.3) is 0 Å². The molecule has 1 N–H and O–H groups in total. The molecule has 0 unspecified atom stereocenters. The summed E-state index contributed by atoms with van der Waals surface area (Å²) in [7, 11) is 0. The Morgan fingerprint density at radius 3 is 2.37 bits per heavy atom. The van der Waals surface area contributed by atoms with Gasteiger partial charge in [0, 0.05) is 34.2 Å². The van der Waals surface area contributed by atoms with Crippen molar-refractivity contribution in [2.75, 3.05) is 18.9 Å². The molecule has 0 fully saturated rings. The Morgan fingerprint density at radius 2 is 1.67 bits per heavy atom. The Bertz CT molecular complexity index is 765. The first-order valence-corrected chi connectivity index (χ1v) is 9.80. The summed E-state index contributed by atoms with van der Waals surface area (Å²) in [5.41, 5.74) is 0.487. The summed E-state index contributed by atoms with van der Waals surface area (Å²) in [5, 5.41) is 3.23. The molecule has 0 spiro atoms. The molecule has 0 bridgehead atoms. The largest absolute Gasteiger partial charge is 0.456 e. The minimum atomic E-state index is -0.578. The second-order valence-electron chi connectivity index (χ2n) is 5.60. The van der Waals surface area contributed by atoms with E-state index in [1.54, 1.807) is 36.0 Å². The fourth-order valence-corrected chi connectivity index (χ4v) is 3.06. The lowest BCUT2D eigenvalue weighted by Gasteiger charge is -2.07. The lowest BCUT2D eigenvalue weighted by atomic mass is 10.1. The summed E-state index contributed by atoms with van der Waals surface area (Å²) >= 11 is 7.40. The molecule has 142 valence electrons. The van der Waals surface area contributed by atoms with Gasteiger partial charge in [-0.05, 0) is 36.4 Å². The summed E-state index contributed by atoms with van der Waals surface area (Å²) < 4.78 is 4.89. The van der Waals surface area contributed by atoms with Gasteiger partial charge in [0.2, 0.25) is 0 Å². The predicted octanol–water partition coefficient (Wildman–Crippen LogP) is 3.75. The molecule has 0 aliphatic carbocycles. The van der Waals surface area contributed by atoms with Gasteiger partial charge in [0.25, 0.3) is 5.91 Å². The van der Waals surface area contributed by atoms with E-state index in [4.69, 9.17) is 16.3 Å². The monoisotopic (exact) mass is 405 g/mol. The highest BCUT2D eigenvalue weighted by Gasteiger charge is 2.12. The molecule has 0 radical (unpaired) electrons. The molecule has 0 atom stereocenters. The zero-order chi connectivity index (χ0) is 19.5. The highest BCUT2D eigenvalue weighted by Crippen LogP contribution is 2.15. The lowest BCUT2D eigenvalue weighted by molar-refractivity contribution is -0.148. The van der Waals surface area contributed by atoms with E-state index in [2.05, 4.69) is 5.32 Å². The molecule has 5 nitrogen and oxygen atoms in total. The number of hydrogen-bond donors (Lipinski definition) is 1. The van der Waals surface area contributed by atoms with E-state index in [9.17, 15) is 14.4 Å². The van der Waals surface area contributed by atoms with Gasteiger partial charge < -0.3 is 10.1 Å². The first kappa shape index (κ1) is 21.0. The van der Waals surface area contributed by atoms with E-state index >= 15 is 0 Å². The average molecular weight is 406 g/mol. The van der Waals surface area contributed by atoms with Crippen LogP contribution in [0.2, 0.25) is 5.02 Å². The molecule has 0 heterocycles. The van der Waals surface area contributed by atoms with Crippen molar-refractivity contribution in [3.63, 3.8) is 0 Å². The summed E-state index contributed by atoms with van der Waals surface area (Å²) in [6, 6.07) is 16.3. The number of thioether (sulfide) groups is 1. The van der Waals surface area contributed by atoms with Crippen LogP contribution in [0.5, 0.6) is 0 Å². The van der Waals surface area contributed by atoms with Crippen molar-refractivity contribution in [2.24, 2.45) is 0 Å². The van der Waals surface area contributed by atoms with Crippen molar-refractivity contribution in [1.82, 2.24) is 5.32 Å². The number of halogens is 1. The number of amides is 1. The molecule has 0 aliphatic rings. The van der Waals surface area contributed by atoms with Gasteiger partial charge in [-0.1, -0.05) is 29.8 Å². The van der Waals surface area contributed by atoms with Crippen LogP contribution in [-0.4, -0.2) is 36.6 Å². The van der Waals surface area contributed by atoms with E-state index < -0.39 is 5.97 Å². The molecule has 0 saturated carbocycles. The first-order chi connectivity index (χ1) is 13.0. The zero-order valence-electron chi connectivity index (χ0n) is 14.7. The average Bonchev–Trinajstić information content (AvgIpc) is 2.69. The minimum absolute atomic E-state index is 0.0236. The van der Waals surface area contributed by atoms with Gasteiger partial charge in [-0.3, -0.25) is 14.4 Å². The number of Topliss-reactive ketones (excluding diaryl/α,β-unsaturated/α-hetero) is 1. The fourth-order valence-electron chi connectivity index (χ4n) is 2.14. The van der Waals surface area contributed by atoms with Gasteiger partial charge in [-0.25, -0.2) is 0 Å². The molecule has 7 heteroatoms. The lowest BCUT2D eigenvalue weighted by Crippen LogP contribution is -2.30. The molecular weight excluding hydrogens is 386 g/mol. The Morgan fingerprint density at radius 1 is 0.963 bits per heavy atom. The van der Waals surface area contributed by atoms with Crippen LogP contribution in [0.1, 0.15) is 23.2 Å². The van der Waals surface area contributed by atoms with Gasteiger partial charge in [0.15, 0.2) is 12.4 Å². The molecule has 1 amide bonds. The number of hydrogen-bond acceptors (Lipinski definition) is 5. The SMILES string of the molecule is O=C(COC(=O)CCC(=O)c1ccc(Cl)cc1)NCCSc1ccccc1. The Balaban J connectivity index is 1.57. The summed E-state index contributed by atoms with van der Waals surface area (Å²) in [5.74, 6) is -0.391. The third kappa shape index (κ3) is 8.28. The minimum Gasteiger partial charge on any atom is -0.456 e. The number of esters is 1. The van der Waals surface area contributed by atoms with Crippen molar-refractivity contribution in [1.29, 1.82) is 0 Å². The van der Waals surface area contributed by atoms with E-state index in [1.165, 1.54) is 0 Å². The number of ether oxygens (including phenoxy) is 1. The van der Waals surface area contributed by atoms with Gasteiger partial charge in [-0.2, -0.15) is 0 Å². The molecule has 2 aromatic carbocycles. The van der Waals surface area contributed by atoms with Crippen molar-refractivity contribution >= 4 is 41.0 Å². The van der Waals surface area contributed by atoms with E-state index in [0.717, 1.165) is 10.6 Å². The molecular formula is C20H20ClNO4S. The third-order valence-electron chi connectivity index (χ3n) is 3.52. The van der Waals surface area contributed by atoms with Gasteiger partial charge in [-0.15, -0.1) is 11.8 Å². The van der Waals surface area contributed by atoms with Gasteiger partial charge >= 0.3 is 5.97 Å². The van der Waals surface area contributed by atoms with E-state index in [0.29, 0.717) is 17.1 Å². The molecule has 0 saturated heterocycles. The maximum atomic E-state index is 12.0. The second-order valence-corrected chi connectivity index (χ2v) is 7.21. The highest BCUT2D eigenvalue weighted by atomic mass is 35.5. The van der Waals surface area contributed by atoms with Gasteiger partial charge in [0.1, 0.15) is 0 Å². The molecule has 27 heavy (non-hydrogen) atoms. The topological polar surface area (TPSA) is 72.5 Å². The fraction of sp³-hybridized carbons (Fsp3) is 0.250. The number of benzene rings is 2. The maximum Gasteiger partial charge on any atom is 0.306 e. The second kappa shape index (κ2) is 11.4. The van der Waals surface area contributed by atoms with Crippen molar-refractivity contribution in [3.8, 4) is 0 Å². The molecule has 2 rings (SSSR count). The molecule has 0 aliphatic heterocycles. The van der Waals surface area contributed by atoms with Crippen LogP contribution in [0.15, 0.2) is 59.5 Å². The number of rotatable bonds is 10. The summed E-state index contributed by atoms with van der Waals surface area (Å²) in [6.07, 6.45) is -0.0472. The maximum absolute atomic E-state index is 12.0. The molecule has 0 aromatic heterocycles. The Kier molecular flexibility index (Phi) is 8.87.